The first-order valence-electron chi connectivity index (χ1n) is 7.79. The molecule has 0 unspecified atom stereocenters. The Bertz CT molecular complexity index is 432. The third kappa shape index (κ3) is 9.80. The Kier molecular flexibility index (Phi) is 10.4. The predicted molar refractivity (Wildman–Crippen MR) is 95.0 cm³/mol. The Balaban J connectivity index is 1.98. The first-order chi connectivity index (χ1) is 10.2. The van der Waals surface area contributed by atoms with Gasteiger partial charge in [0.25, 0.3) is 0 Å². The minimum atomic E-state index is 0.00727. The van der Waals surface area contributed by atoms with Crippen molar-refractivity contribution in [3.05, 3.63) is 20.8 Å². The van der Waals surface area contributed by atoms with E-state index in [1.54, 1.807) is 17.6 Å². The van der Waals surface area contributed by atoms with Crippen LogP contribution in [0.2, 0.25) is 0 Å². The van der Waals surface area contributed by atoms with Gasteiger partial charge in [-0.3, -0.25) is 4.79 Å². The van der Waals surface area contributed by atoms with Crippen molar-refractivity contribution >= 4 is 39.4 Å². The van der Waals surface area contributed by atoms with Crippen LogP contribution < -0.4 is 5.43 Å². The van der Waals surface area contributed by atoms with Crippen LogP contribution in [0.3, 0.4) is 0 Å². The van der Waals surface area contributed by atoms with Crippen molar-refractivity contribution in [3.63, 3.8) is 0 Å². The number of amides is 1. The molecule has 3 nitrogen and oxygen atoms in total. The average molecular weight is 373 g/mol. The molecule has 1 N–H and O–H groups in total. The molecule has 1 amide bonds. The van der Waals surface area contributed by atoms with Crippen LogP contribution >= 0.6 is 27.3 Å². The number of nitrogens with one attached hydrogen (secondary N) is 1. The molecule has 0 aliphatic heterocycles. The van der Waals surface area contributed by atoms with E-state index in [1.807, 2.05) is 12.1 Å². The Morgan fingerprint density at radius 2 is 1.86 bits per heavy atom. The number of nitrogens with zero attached hydrogens (tertiary/aromatic N) is 1. The van der Waals surface area contributed by atoms with Crippen molar-refractivity contribution in [1.82, 2.24) is 5.43 Å². The van der Waals surface area contributed by atoms with Gasteiger partial charge in [0.15, 0.2) is 0 Å². The summed E-state index contributed by atoms with van der Waals surface area (Å²) in [5, 5.41) is 3.97. The first kappa shape index (κ1) is 18.4. The van der Waals surface area contributed by atoms with Crippen LogP contribution in [0.1, 0.15) is 69.6 Å². The molecule has 1 rings (SSSR count). The highest BCUT2D eigenvalue weighted by atomic mass is 79.9. The SMILES string of the molecule is CCCCCCCCCCC(=O)N/N=C/c1ccc(Br)s1. The van der Waals surface area contributed by atoms with E-state index in [4.69, 9.17) is 0 Å². The second-order valence-corrected chi connectivity index (χ2v) is 7.65. The lowest BCUT2D eigenvalue weighted by atomic mass is 10.1. The van der Waals surface area contributed by atoms with Crippen LogP contribution in [-0.2, 0) is 4.79 Å². The van der Waals surface area contributed by atoms with Crippen LogP contribution in [0.25, 0.3) is 0 Å². The number of carbonyl (C=O) groups is 1. The summed E-state index contributed by atoms with van der Waals surface area (Å²) in [6.45, 7) is 2.23. The predicted octanol–water partition coefficient (Wildman–Crippen LogP) is 5.49. The summed E-state index contributed by atoms with van der Waals surface area (Å²) in [4.78, 5) is 12.6. The second kappa shape index (κ2) is 11.9. The average Bonchev–Trinajstić information content (AvgIpc) is 2.87. The molecular weight excluding hydrogens is 348 g/mol. The fourth-order valence-electron chi connectivity index (χ4n) is 2.04. The van der Waals surface area contributed by atoms with Gasteiger partial charge in [0, 0.05) is 11.3 Å². The highest BCUT2D eigenvalue weighted by Crippen LogP contribution is 2.20. The van der Waals surface area contributed by atoms with Crippen molar-refractivity contribution in [2.24, 2.45) is 5.10 Å². The second-order valence-electron chi connectivity index (χ2n) is 5.16. The van der Waals surface area contributed by atoms with Crippen molar-refractivity contribution in [1.29, 1.82) is 0 Å². The van der Waals surface area contributed by atoms with Gasteiger partial charge in [-0.15, -0.1) is 11.3 Å². The molecule has 1 aromatic rings. The quantitative estimate of drug-likeness (QED) is 0.311. The largest absolute Gasteiger partial charge is 0.273 e. The Hall–Kier alpha value is -0.680. The maximum absolute atomic E-state index is 11.6. The van der Waals surface area contributed by atoms with Crippen molar-refractivity contribution in [2.45, 2.75) is 64.7 Å². The number of hydrazone groups is 1. The number of carbonyl (C=O) groups excluding carboxylic acids is 1. The summed E-state index contributed by atoms with van der Waals surface area (Å²) in [5.41, 5.74) is 2.58. The van der Waals surface area contributed by atoms with Gasteiger partial charge < -0.3 is 0 Å². The minimum Gasteiger partial charge on any atom is -0.273 e. The van der Waals surface area contributed by atoms with E-state index in [0.29, 0.717) is 6.42 Å². The van der Waals surface area contributed by atoms with Crippen molar-refractivity contribution in [2.75, 3.05) is 0 Å². The van der Waals surface area contributed by atoms with Crippen LogP contribution in [-0.4, -0.2) is 12.1 Å². The molecule has 1 aromatic heterocycles. The van der Waals surface area contributed by atoms with E-state index >= 15 is 0 Å². The van der Waals surface area contributed by atoms with E-state index in [9.17, 15) is 4.79 Å². The summed E-state index contributed by atoms with van der Waals surface area (Å²) < 4.78 is 1.06. The van der Waals surface area contributed by atoms with Crippen molar-refractivity contribution < 1.29 is 4.79 Å². The monoisotopic (exact) mass is 372 g/mol. The zero-order valence-electron chi connectivity index (χ0n) is 12.7. The number of hydrogen-bond acceptors (Lipinski definition) is 3. The fourth-order valence-corrected chi connectivity index (χ4v) is 3.34. The van der Waals surface area contributed by atoms with Crippen LogP contribution in [0.5, 0.6) is 0 Å². The summed E-state index contributed by atoms with van der Waals surface area (Å²) >= 11 is 4.98. The molecule has 0 aliphatic carbocycles. The Morgan fingerprint density at radius 1 is 1.19 bits per heavy atom. The number of unbranched alkanes of at least 4 members (excludes halogenated alkanes) is 7. The van der Waals surface area contributed by atoms with Gasteiger partial charge in [-0.1, -0.05) is 51.9 Å². The molecule has 0 spiro atoms. The molecule has 0 aliphatic rings. The highest BCUT2D eigenvalue weighted by molar-refractivity contribution is 9.11. The molecule has 0 aromatic carbocycles. The zero-order chi connectivity index (χ0) is 15.3. The van der Waals surface area contributed by atoms with Crippen molar-refractivity contribution in [3.8, 4) is 0 Å². The molecule has 0 radical (unpaired) electrons. The van der Waals surface area contributed by atoms with E-state index in [0.717, 1.165) is 21.5 Å². The third-order valence-electron chi connectivity index (χ3n) is 3.23. The molecular formula is C16H25BrN2OS. The highest BCUT2D eigenvalue weighted by Gasteiger charge is 1.99. The molecule has 0 atom stereocenters. The number of rotatable bonds is 11. The van der Waals surface area contributed by atoms with Gasteiger partial charge >= 0.3 is 0 Å². The molecule has 0 saturated heterocycles. The maximum Gasteiger partial charge on any atom is 0.240 e. The van der Waals surface area contributed by atoms with Crippen LogP contribution in [0.4, 0.5) is 0 Å². The summed E-state index contributed by atoms with van der Waals surface area (Å²) in [6, 6.07) is 3.93. The smallest absolute Gasteiger partial charge is 0.240 e. The molecule has 0 saturated carbocycles. The van der Waals surface area contributed by atoms with Gasteiger partial charge in [0.05, 0.1) is 10.0 Å². The Morgan fingerprint density at radius 3 is 2.48 bits per heavy atom. The molecule has 0 fully saturated rings. The van der Waals surface area contributed by atoms with E-state index < -0.39 is 0 Å². The van der Waals surface area contributed by atoms with Gasteiger partial charge in [-0.25, -0.2) is 5.43 Å². The van der Waals surface area contributed by atoms with Crippen LogP contribution in [0.15, 0.2) is 21.0 Å². The first-order valence-corrected chi connectivity index (χ1v) is 9.40. The number of hydrogen-bond donors (Lipinski definition) is 1. The molecule has 21 heavy (non-hydrogen) atoms. The van der Waals surface area contributed by atoms with E-state index in [2.05, 4.69) is 33.4 Å². The van der Waals surface area contributed by atoms with Crippen LogP contribution in [0, 0.1) is 0 Å². The number of halogens is 1. The summed E-state index contributed by atoms with van der Waals surface area (Å²) in [6.07, 6.45) is 12.2. The molecule has 5 heteroatoms. The number of thiophene rings is 1. The summed E-state index contributed by atoms with van der Waals surface area (Å²) in [5.74, 6) is 0.00727. The normalized spacial score (nSPS) is 11.1. The summed E-state index contributed by atoms with van der Waals surface area (Å²) in [7, 11) is 0. The topological polar surface area (TPSA) is 41.5 Å². The third-order valence-corrected chi connectivity index (χ3v) is 4.79. The van der Waals surface area contributed by atoms with Gasteiger partial charge in [-0.05, 0) is 34.5 Å². The maximum atomic E-state index is 11.6. The lowest BCUT2D eigenvalue weighted by Gasteiger charge is -2.01. The zero-order valence-corrected chi connectivity index (χ0v) is 15.1. The minimum absolute atomic E-state index is 0.00727. The van der Waals surface area contributed by atoms with E-state index in [1.165, 1.54) is 38.5 Å². The van der Waals surface area contributed by atoms with Gasteiger partial charge in [0.1, 0.15) is 0 Å². The lowest BCUT2D eigenvalue weighted by Crippen LogP contribution is -2.16. The molecule has 0 bridgehead atoms. The standard InChI is InChI=1S/C16H25BrN2OS/c1-2-3-4-5-6-7-8-9-10-16(20)19-18-13-14-11-12-15(17)21-14/h11-13H,2-10H2,1H3,(H,19,20)/b18-13+. The fraction of sp³-hybridized carbons (Fsp3) is 0.625. The van der Waals surface area contributed by atoms with E-state index in [-0.39, 0.29) is 5.91 Å². The Labute approximate surface area is 140 Å². The lowest BCUT2D eigenvalue weighted by molar-refractivity contribution is -0.121. The van der Waals surface area contributed by atoms with Gasteiger partial charge in [-0.2, -0.15) is 5.10 Å². The molecule has 1 heterocycles. The molecule has 118 valence electrons. The van der Waals surface area contributed by atoms with Gasteiger partial charge in [0.2, 0.25) is 5.91 Å².